The Labute approximate surface area is 363 Å². The molecule has 62 heavy (non-hydrogen) atoms. The zero-order valence-electron chi connectivity index (χ0n) is 35.7. The van der Waals surface area contributed by atoms with Crippen LogP contribution in [0.3, 0.4) is 0 Å². The predicted molar refractivity (Wildman–Crippen MR) is 248 cm³/mol. The third-order valence-electron chi connectivity index (χ3n) is 14.0. The van der Waals surface area contributed by atoms with E-state index < -0.39 is 5.60 Å². The summed E-state index contributed by atoms with van der Waals surface area (Å²) >= 11 is 0. The van der Waals surface area contributed by atoms with Crippen molar-refractivity contribution in [3.63, 3.8) is 0 Å². The first kappa shape index (κ1) is 39.6. The van der Waals surface area contributed by atoms with Gasteiger partial charge >= 0.3 is 0 Å². The fourth-order valence-corrected chi connectivity index (χ4v) is 10.5. The van der Waals surface area contributed by atoms with Crippen LogP contribution in [0, 0.1) is 23.2 Å². The van der Waals surface area contributed by atoms with Crippen molar-refractivity contribution in [3.8, 4) is 40.2 Å². The van der Waals surface area contributed by atoms with Crippen LogP contribution in [0.5, 0.6) is 17.2 Å². The van der Waals surface area contributed by atoms with E-state index in [1.807, 2.05) is 66.9 Å². The lowest BCUT2D eigenvalue weighted by molar-refractivity contribution is 0.0576. The lowest BCUT2D eigenvalue weighted by atomic mass is 9.58. The summed E-state index contributed by atoms with van der Waals surface area (Å²) in [7, 11) is 1.74. The number of aryl methyl sites for hydroxylation is 2. The summed E-state index contributed by atoms with van der Waals surface area (Å²) < 4.78 is 8.06. The number of aromatic amines is 1. The van der Waals surface area contributed by atoms with E-state index in [1.165, 1.54) is 40.8 Å². The predicted octanol–water partition coefficient (Wildman–Crippen LogP) is 11.2. The average molecular weight is 820 g/mol. The van der Waals surface area contributed by atoms with Crippen molar-refractivity contribution in [1.29, 1.82) is 0 Å². The standard InChI is InChI=1S/C55H53N3O4/c1-54(2,61)41-16-24-50(48(32-41)49-35-57(3)53(60)52-47(49)25-28-56-52)62-44-20-11-36(12-21-44)9-10-37-33-55(34-37)26-29-58(30-27-55)42-17-13-39(14-18-42)51-45(38-7-5-4-6-8-38)22-15-40-31-43(59)19-23-46(40)51/h4-8,11-14,16-21,23-25,28,31-32,35,37,45,51,56,59,61H,15,22,26-27,29-30,33-34H2,1-3H3/t45-,51+/m1/s1. The van der Waals surface area contributed by atoms with Gasteiger partial charge in [0, 0.05) is 72.1 Å². The van der Waals surface area contributed by atoms with Gasteiger partial charge in [0.05, 0.1) is 5.60 Å². The van der Waals surface area contributed by atoms with Crippen LogP contribution < -0.4 is 15.2 Å². The Morgan fingerprint density at radius 1 is 0.839 bits per heavy atom. The molecule has 1 saturated heterocycles. The van der Waals surface area contributed by atoms with Gasteiger partial charge < -0.3 is 29.4 Å². The maximum Gasteiger partial charge on any atom is 0.274 e. The number of rotatable bonds is 7. The Kier molecular flexibility index (Phi) is 10.1. The fourth-order valence-electron chi connectivity index (χ4n) is 10.5. The lowest BCUT2D eigenvalue weighted by Crippen LogP contribution is -2.46. The Morgan fingerprint density at radius 2 is 1.60 bits per heavy atom. The molecule has 1 saturated carbocycles. The molecule has 2 atom stereocenters. The number of fused-ring (bicyclic) bond motifs is 2. The van der Waals surface area contributed by atoms with Crippen LogP contribution in [0.15, 0.2) is 139 Å². The molecule has 10 rings (SSSR count). The normalized spacial score (nSPS) is 18.5. The highest BCUT2D eigenvalue weighted by molar-refractivity contribution is 5.96. The van der Waals surface area contributed by atoms with Gasteiger partial charge in [-0.3, -0.25) is 4.79 Å². The Hall–Kier alpha value is -6.49. The number of hydrogen-bond acceptors (Lipinski definition) is 5. The maximum absolute atomic E-state index is 12.8. The molecule has 7 nitrogen and oxygen atoms in total. The number of pyridine rings is 1. The number of benzene rings is 5. The summed E-state index contributed by atoms with van der Waals surface area (Å²) in [5.74, 6) is 9.77. The van der Waals surface area contributed by atoms with Crippen molar-refractivity contribution in [1.82, 2.24) is 9.55 Å². The molecule has 0 amide bonds. The molecule has 3 aliphatic rings. The van der Waals surface area contributed by atoms with E-state index in [0.29, 0.717) is 40.0 Å². The molecule has 0 radical (unpaired) electrons. The SMILES string of the molecule is Cn1cc(-c2cc(C(C)(C)O)ccc2Oc2ccc(C#CC3CC4(CCN(c5ccc([C@@H]6c7ccc(O)cc7CC[C@@H]6c6ccccc6)cc5)CC4)C3)cc2)c2cc[nH]c2c1=O. The zero-order valence-corrected chi connectivity index (χ0v) is 35.7. The first-order valence-corrected chi connectivity index (χ1v) is 22.1. The topological polar surface area (TPSA) is 90.7 Å². The molecule has 2 fully saturated rings. The highest BCUT2D eigenvalue weighted by atomic mass is 16.5. The number of aromatic nitrogens is 2. The molecule has 2 aliphatic carbocycles. The smallest absolute Gasteiger partial charge is 0.274 e. The molecule has 1 aliphatic heterocycles. The second-order valence-corrected chi connectivity index (χ2v) is 18.5. The Morgan fingerprint density at radius 3 is 2.34 bits per heavy atom. The number of nitrogens with one attached hydrogen (secondary N) is 1. The maximum atomic E-state index is 12.8. The summed E-state index contributed by atoms with van der Waals surface area (Å²) in [5.41, 5.74) is 9.73. The lowest BCUT2D eigenvalue weighted by Gasteiger charge is -2.51. The van der Waals surface area contributed by atoms with Crippen molar-refractivity contribution >= 4 is 16.6 Å². The minimum Gasteiger partial charge on any atom is -0.508 e. The van der Waals surface area contributed by atoms with Crippen LogP contribution in [-0.2, 0) is 19.1 Å². The summed E-state index contributed by atoms with van der Waals surface area (Å²) in [4.78, 5) is 18.5. The van der Waals surface area contributed by atoms with Crippen LogP contribution in [-0.4, -0.2) is 32.9 Å². The second kappa shape index (κ2) is 15.8. The second-order valence-electron chi connectivity index (χ2n) is 18.5. The van der Waals surface area contributed by atoms with Crippen molar-refractivity contribution in [2.45, 2.75) is 69.8 Å². The molecule has 5 aromatic carbocycles. The molecule has 2 aromatic heterocycles. The van der Waals surface area contributed by atoms with Crippen molar-refractivity contribution in [2.75, 3.05) is 18.0 Å². The third kappa shape index (κ3) is 7.58. The number of hydrogen-bond donors (Lipinski definition) is 3. The highest BCUT2D eigenvalue weighted by Crippen LogP contribution is 2.53. The molecule has 1 spiro atoms. The summed E-state index contributed by atoms with van der Waals surface area (Å²) in [6, 6.07) is 41.8. The van der Waals surface area contributed by atoms with Crippen molar-refractivity contribution in [2.24, 2.45) is 18.4 Å². The van der Waals surface area contributed by atoms with Gasteiger partial charge in [-0.2, -0.15) is 0 Å². The van der Waals surface area contributed by atoms with E-state index >= 15 is 0 Å². The summed E-state index contributed by atoms with van der Waals surface area (Å²) in [6.07, 6.45) is 10.4. The molecule has 3 N–H and O–H groups in total. The van der Waals surface area contributed by atoms with E-state index in [4.69, 9.17) is 4.74 Å². The largest absolute Gasteiger partial charge is 0.508 e. The number of anilines is 1. The van der Waals surface area contributed by atoms with Gasteiger partial charge in [0.25, 0.3) is 5.56 Å². The van der Waals surface area contributed by atoms with E-state index in [-0.39, 0.29) is 11.5 Å². The van der Waals surface area contributed by atoms with Crippen molar-refractivity contribution < 1.29 is 14.9 Å². The van der Waals surface area contributed by atoms with Crippen LogP contribution in [0.2, 0.25) is 0 Å². The van der Waals surface area contributed by atoms with Gasteiger partial charge in [-0.25, -0.2) is 0 Å². The number of phenolic OH excluding ortho intramolecular Hbond substituents is 1. The van der Waals surface area contributed by atoms with Crippen LogP contribution >= 0.6 is 0 Å². The summed E-state index contributed by atoms with van der Waals surface area (Å²) in [6.45, 7) is 5.66. The minimum absolute atomic E-state index is 0.102. The first-order valence-electron chi connectivity index (χ1n) is 22.1. The van der Waals surface area contributed by atoms with E-state index in [0.717, 1.165) is 66.4 Å². The molecule has 7 aromatic rings. The van der Waals surface area contributed by atoms with Gasteiger partial charge in [-0.1, -0.05) is 66.4 Å². The molecular weight excluding hydrogens is 767 g/mol. The third-order valence-corrected chi connectivity index (χ3v) is 14.0. The highest BCUT2D eigenvalue weighted by Gasteiger charge is 2.45. The number of aliphatic hydroxyl groups is 1. The van der Waals surface area contributed by atoms with Crippen LogP contribution in [0.1, 0.15) is 91.2 Å². The van der Waals surface area contributed by atoms with E-state index in [1.54, 1.807) is 31.7 Å². The monoisotopic (exact) mass is 819 g/mol. The Bertz CT molecular complexity index is 2880. The first-order chi connectivity index (χ1) is 30.0. The van der Waals surface area contributed by atoms with Gasteiger partial charge in [-0.15, -0.1) is 0 Å². The van der Waals surface area contributed by atoms with E-state index in [2.05, 4.69) is 82.4 Å². The average Bonchev–Trinajstić information content (AvgIpc) is 3.77. The fraction of sp³-hybridized carbons (Fsp3) is 0.291. The molecule has 7 heteroatoms. The number of ether oxygens (including phenoxy) is 1. The van der Waals surface area contributed by atoms with Crippen LogP contribution in [0.4, 0.5) is 5.69 Å². The zero-order chi connectivity index (χ0) is 42.6. The van der Waals surface area contributed by atoms with Gasteiger partial charge in [0.15, 0.2) is 0 Å². The van der Waals surface area contributed by atoms with Crippen molar-refractivity contribution in [3.05, 3.63) is 177 Å². The molecule has 0 unspecified atom stereocenters. The van der Waals surface area contributed by atoms with Gasteiger partial charge in [0.2, 0.25) is 0 Å². The Balaban J connectivity index is 0.776. The van der Waals surface area contributed by atoms with E-state index in [9.17, 15) is 15.0 Å². The molecule has 3 heterocycles. The minimum atomic E-state index is -1.05. The van der Waals surface area contributed by atoms with Crippen LogP contribution in [0.25, 0.3) is 22.0 Å². The van der Waals surface area contributed by atoms with Gasteiger partial charge in [0.1, 0.15) is 22.8 Å². The summed E-state index contributed by atoms with van der Waals surface area (Å²) in [5, 5.41) is 21.9. The number of aromatic hydroxyl groups is 1. The molecule has 312 valence electrons. The number of nitrogens with zero attached hydrogens (tertiary/aromatic N) is 2. The quantitative estimate of drug-likeness (QED) is 0.139. The molecule has 0 bridgehead atoms. The number of piperidine rings is 1. The molecular formula is C55H53N3O4. The number of phenols is 1. The number of H-pyrrole nitrogens is 1. The van der Waals surface area contributed by atoms with Gasteiger partial charge in [-0.05, 0) is 158 Å².